The Morgan fingerprint density at radius 3 is 2.27 bits per heavy atom. The number of methoxy groups -OCH3 is 1. The number of amides is 2. The molecule has 0 spiro atoms. The van der Waals surface area contributed by atoms with Crippen LogP contribution in [0, 0.1) is 5.82 Å². The Morgan fingerprint density at radius 1 is 0.967 bits per heavy atom. The van der Waals surface area contributed by atoms with Crippen molar-refractivity contribution in [3.8, 4) is 11.5 Å². The minimum Gasteiger partial charge on any atom is -0.507 e. The second-order valence-corrected chi connectivity index (χ2v) is 6.16. The number of hydrazone groups is 1. The van der Waals surface area contributed by atoms with Gasteiger partial charge < -0.3 is 15.2 Å². The number of nitrogens with one attached hydrogen (secondary N) is 2. The summed E-state index contributed by atoms with van der Waals surface area (Å²) < 4.78 is 18.0. The van der Waals surface area contributed by atoms with Crippen LogP contribution in [0.15, 0.2) is 71.8 Å². The molecule has 0 radical (unpaired) electrons. The highest BCUT2D eigenvalue weighted by molar-refractivity contribution is 6.04. The standard InChI is InChI=1S/C22H18FN3O4/c1-30-19-10-11-20(27)16(12-19)13-24-26-22(29)15-4-8-18(9-5-15)25-21(28)14-2-6-17(23)7-3-14/h2-13,27H,1H3,(H,25,28)(H,26,29)/b24-13+. The number of hydrogen-bond acceptors (Lipinski definition) is 5. The number of halogens is 1. The van der Waals surface area contributed by atoms with Crippen LogP contribution in [0.2, 0.25) is 0 Å². The van der Waals surface area contributed by atoms with E-state index in [1.54, 1.807) is 24.3 Å². The van der Waals surface area contributed by atoms with Crippen LogP contribution in [0.25, 0.3) is 0 Å². The van der Waals surface area contributed by atoms with Crippen LogP contribution in [-0.2, 0) is 0 Å². The van der Waals surface area contributed by atoms with Gasteiger partial charge >= 0.3 is 0 Å². The van der Waals surface area contributed by atoms with E-state index >= 15 is 0 Å². The van der Waals surface area contributed by atoms with Crippen molar-refractivity contribution in [1.82, 2.24) is 5.43 Å². The Labute approximate surface area is 171 Å². The van der Waals surface area contributed by atoms with Gasteiger partial charge in [-0.05, 0) is 66.7 Å². The third-order valence-corrected chi connectivity index (χ3v) is 4.12. The zero-order valence-electron chi connectivity index (χ0n) is 15.9. The van der Waals surface area contributed by atoms with Gasteiger partial charge in [-0.3, -0.25) is 9.59 Å². The van der Waals surface area contributed by atoms with Crippen molar-refractivity contribution in [3.63, 3.8) is 0 Å². The molecule has 0 aliphatic heterocycles. The quantitative estimate of drug-likeness (QED) is 0.430. The van der Waals surface area contributed by atoms with Crippen LogP contribution in [0.5, 0.6) is 11.5 Å². The van der Waals surface area contributed by atoms with E-state index in [4.69, 9.17) is 4.74 Å². The van der Waals surface area contributed by atoms with E-state index in [1.165, 1.54) is 55.8 Å². The second kappa shape index (κ2) is 9.33. The van der Waals surface area contributed by atoms with Crippen LogP contribution >= 0.6 is 0 Å². The maximum atomic E-state index is 12.9. The molecule has 0 unspecified atom stereocenters. The van der Waals surface area contributed by atoms with Crippen molar-refractivity contribution in [2.24, 2.45) is 5.10 Å². The number of ether oxygens (including phenoxy) is 1. The van der Waals surface area contributed by atoms with Crippen LogP contribution in [-0.4, -0.2) is 30.2 Å². The minimum atomic E-state index is -0.468. The minimum absolute atomic E-state index is 0.00459. The van der Waals surface area contributed by atoms with Crippen molar-refractivity contribution in [2.75, 3.05) is 12.4 Å². The Kier molecular flexibility index (Phi) is 6.39. The Morgan fingerprint density at radius 2 is 1.60 bits per heavy atom. The lowest BCUT2D eigenvalue weighted by Gasteiger charge is -2.06. The van der Waals surface area contributed by atoms with Gasteiger partial charge in [-0.2, -0.15) is 5.10 Å². The van der Waals surface area contributed by atoms with Crippen LogP contribution in [0.1, 0.15) is 26.3 Å². The van der Waals surface area contributed by atoms with Gasteiger partial charge in [-0.25, -0.2) is 9.82 Å². The molecule has 0 aromatic heterocycles. The third-order valence-electron chi connectivity index (χ3n) is 4.12. The van der Waals surface area contributed by atoms with E-state index < -0.39 is 17.6 Å². The van der Waals surface area contributed by atoms with E-state index in [1.807, 2.05) is 0 Å². The molecule has 0 aliphatic rings. The molecule has 0 fully saturated rings. The average Bonchev–Trinajstić information content (AvgIpc) is 2.76. The Balaban J connectivity index is 1.59. The molecule has 0 saturated carbocycles. The fourth-order valence-corrected chi connectivity index (χ4v) is 2.50. The monoisotopic (exact) mass is 407 g/mol. The van der Waals surface area contributed by atoms with E-state index in [9.17, 15) is 19.1 Å². The summed E-state index contributed by atoms with van der Waals surface area (Å²) in [6.45, 7) is 0. The van der Waals surface area contributed by atoms with Crippen LogP contribution in [0.3, 0.4) is 0 Å². The first-order chi connectivity index (χ1) is 14.5. The lowest BCUT2D eigenvalue weighted by molar-refractivity contribution is 0.0954. The molecule has 0 aliphatic carbocycles. The number of benzene rings is 3. The predicted octanol–water partition coefficient (Wildman–Crippen LogP) is 3.56. The number of carbonyl (C=O) groups is 2. The van der Waals surface area contributed by atoms with Gasteiger partial charge in [0.25, 0.3) is 11.8 Å². The molecule has 2 amide bonds. The number of phenols is 1. The summed E-state index contributed by atoms with van der Waals surface area (Å²) in [5, 5.41) is 16.3. The highest BCUT2D eigenvalue weighted by Gasteiger charge is 2.08. The molecule has 152 valence electrons. The van der Waals surface area contributed by atoms with Crippen molar-refractivity contribution in [2.45, 2.75) is 0 Å². The summed E-state index contributed by atoms with van der Waals surface area (Å²) in [4.78, 5) is 24.3. The molecule has 0 heterocycles. The van der Waals surface area contributed by atoms with Gasteiger partial charge in [0.2, 0.25) is 0 Å². The normalized spacial score (nSPS) is 10.6. The molecule has 30 heavy (non-hydrogen) atoms. The van der Waals surface area contributed by atoms with Crippen LogP contribution in [0.4, 0.5) is 10.1 Å². The van der Waals surface area contributed by atoms with Crippen molar-refractivity contribution < 1.29 is 23.8 Å². The zero-order chi connectivity index (χ0) is 21.5. The summed E-state index contributed by atoms with van der Waals surface area (Å²) in [5.74, 6) is -0.750. The number of nitrogens with zero attached hydrogens (tertiary/aromatic N) is 1. The lowest BCUT2D eigenvalue weighted by Crippen LogP contribution is -2.18. The maximum Gasteiger partial charge on any atom is 0.271 e. The molecule has 8 heteroatoms. The molecule has 0 atom stereocenters. The topological polar surface area (TPSA) is 100 Å². The van der Waals surface area contributed by atoms with Crippen LogP contribution < -0.4 is 15.5 Å². The van der Waals surface area contributed by atoms with Gasteiger partial charge in [0, 0.05) is 22.4 Å². The number of hydrogen-bond donors (Lipinski definition) is 3. The molecule has 0 bridgehead atoms. The largest absolute Gasteiger partial charge is 0.507 e. The molecular weight excluding hydrogens is 389 g/mol. The first kappa shape index (κ1) is 20.5. The first-order valence-electron chi connectivity index (χ1n) is 8.83. The molecule has 3 aromatic carbocycles. The lowest BCUT2D eigenvalue weighted by atomic mass is 10.1. The summed E-state index contributed by atoms with van der Waals surface area (Å²) >= 11 is 0. The smallest absolute Gasteiger partial charge is 0.271 e. The highest BCUT2D eigenvalue weighted by atomic mass is 19.1. The summed E-state index contributed by atoms with van der Waals surface area (Å²) in [5.41, 5.74) is 3.85. The molecule has 0 saturated heterocycles. The average molecular weight is 407 g/mol. The van der Waals surface area contributed by atoms with Gasteiger partial charge in [-0.1, -0.05) is 0 Å². The van der Waals surface area contributed by atoms with Crippen molar-refractivity contribution >= 4 is 23.7 Å². The van der Waals surface area contributed by atoms with Gasteiger partial charge in [0.05, 0.1) is 13.3 Å². The fourth-order valence-electron chi connectivity index (χ4n) is 2.50. The number of aromatic hydroxyl groups is 1. The van der Waals surface area contributed by atoms with Crippen molar-refractivity contribution in [1.29, 1.82) is 0 Å². The van der Waals surface area contributed by atoms with Gasteiger partial charge in [0.1, 0.15) is 17.3 Å². The fraction of sp³-hybridized carbons (Fsp3) is 0.0455. The molecule has 3 N–H and O–H groups in total. The van der Waals surface area contributed by atoms with Gasteiger partial charge in [-0.15, -0.1) is 0 Å². The Bertz CT molecular complexity index is 1080. The number of phenolic OH excluding ortho intramolecular Hbond substituents is 1. The molecular formula is C22H18FN3O4. The predicted molar refractivity (Wildman–Crippen MR) is 111 cm³/mol. The Hall–Kier alpha value is -4.20. The number of anilines is 1. The van der Waals surface area contributed by atoms with E-state index in [0.717, 1.165) is 0 Å². The third kappa shape index (κ3) is 5.20. The van der Waals surface area contributed by atoms with E-state index in [2.05, 4.69) is 15.8 Å². The number of rotatable bonds is 6. The molecule has 3 aromatic rings. The van der Waals surface area contributed by atoms with E-state index in [-0.39, 0.29) is 5.75 Å². The first-order valence-corrected chi connectivity index (χ1v) is 8.83. The summed E-state index contributed by atoms with van der Waals surface area (Å²) in [6.07, 6.45) is 1.30. The summed E-state index contributed by atoms with van der Waals surface area (Å²) in [7, 11) is 1.50. The SMILES string of the molecule is COc1ccc(O)c(/C=N/NC(=O)c2ccc(NC(=O)c3ccc(F)cc3)cc2)c1. The highest BCUT2D eigenvalue weighted by Crippen LogP contribution is 2.21. The van der Waals surface area contributed by atoms with E-state index in [0.29, 0.717) is 28.1 Å². The van der Waals surface area contributed by atoms with Crippen molar-refractivity contribution in [3.05, 3.63) is 89.2 Å². The number of carbonyl (C=O) groups excluding carboxylic acids is 2. The second-order valence-electron chi connectivity index (χ2n) is 6.16. The summed E-state index contributed by atoms with van der Waals surface area (Å²) in [6, 6.07) is 16.0. The van der Waals surface area contributed by atoms with Gasteiger partial charge in [0.15, 0.2) is 0 Å². The molecule has 3 rings (SSSR count). The molecule has 7 nitrogen and oxygen atoms in total. The zero-order valence-corrected chi connectivity index (χ0v) is 15.9. The maximum absolute atomic E-state index is 12.9.